The van der Waals surface area contributed by atoms with Crippen LogP contribution in [-0.2, 0) is 4.74 Å². The van der Waals surface area contributed by atoms with Gasteiger partial charge in [-0.2, -0.15) is 0 Å². The molecule has 0 atom stereocenters. The number of hydrogen-bond acceptors (Lipinski definition) is 5. The Balaban J connectivity index is 2.48. The van der Waals surface area contributed by atoms with Crippen LogP contribution in [0.15, 0.2) is 18.2 Å². The molecule has 0 unspecified atom stereocenters. The van der Waals surface area contributed by atoms with E-state index < -0.39 is 5.97 Å². The lowest BCUT2D eigenvalue weighted by Gasteiger charge is -2.17. The number of phenolic OH excluding ortho intramolecular Hbond substituents is 1. The molecule has 0 aliphatic carbocycles. The third-order valence-corrected chi connectivity index (χ3v) is 2.80. The molecule has 5 nitrogen and oxygen atoms in total. The van der Waals surface area contributed by atoms with Gasteiger partial charge in [0.05, 0.1) is 11.3 Å². The van der Waals surface area contributed by atoms with Crippen LogP contribution < -0.4 is 5.73 Å². The van der Waals surface area contributed by atoms with Crippen LogP contribution in [0.1, 0.15) is 24.2 Å². The molecule has 1 rings (SSSR count). The second-order valence-electron chi connectivity index (χ2n) is 3.94. The van der Waals surface area contributed by atoms with Crippen LogP contribution in [0, 0.1) is 0 Å². The Morgan fingerprint density at radius 2 is 2.06 bits per heavy atom. The number of ether oxygens (including phenoxy) is 1. The Morgan fingerprint density at radius 1 is 1.39 bits per heavy atom. The Hall–Kier alpha value is -1.75. The van der Waals surface area contributed by atoms with Gasteiger partial charge in [-0.1, -0.05) is 13.8 Å². The van der Waals surface area contributed by atoms with Crippen molar-refractivity contribution in [3.63, 3.8) is 0 Å². The van der Waals surface area contributed by atoms with E-state index in [1.807, 2.05) is 0 Å². The molecular formula is C13H20N2O3. The molecule has 0 saturated heterocycles. The van der Waals surface area contributed by atoms with Crippen LogP contribution in [0.4, 0.5) is 5.69 Å². The van der Waals surface area contributed by atoms with E-state index in [4.69, 9.17) is 10.5 Å². The summed E-state index contributed by atoms with van der Waals surface area (Å²) >= 11 is 0. The molecule has 0 spiro atoms. The molecule has 0 radical (unpaired) electrons. The van der Waals surface area contributed by atoms with Crippen molar-refractivity contribution in [3.8, 4) is 5.75 Å². The molecule has 3 N–H and O–H groups in total. The number of carbonyl (C=O) groups excluding carboxylic acids is 1. The SMILES string of the molecule is CCN(CC)CCOC(=O)c1ccc(N)c(O)c1. The number of carbonyl (C=O) groups is 1. The van der Waals surface area contributed by atoms with E-state index >= 15 is 0 Å². The second kappa shape index (κ2) is 6.86. The number of hydrogen-bond donors (Lipinski definition) is 2. The summed E-state index contributed by atoms with van der Waals surface area (Å²) in [6.45, 7) is 7.02. The van der Waals surface area contributed by atoms with E-state index in [1.165, 1.54) is 18.2 Å². The molecule has 0 saturated carbocycles. The van der Waals surface area contributed by atoms with Crippen molar-refractivity contribution < 1.29 is 14.6 Å². The molecule has 18 heavy (non-hydrogen) atoms. The summed E-state index contributed by atoms with van der Waals surface area (Å²) in [6.07, 6.45) is 0. The minimum atomic E-state index is -0.447. The molecule has 0 bridgehead atoms. The van der Waals surface area contributed by atoms with Crippen LogP contribution >= 0.6 is 0 Å². The fourth-order valence-electron chi connectivity index (χ4n) is 1.56. The summed E-state index contributed by atoms with van der Waals surface area (Å²) in [5, 5.41) is 9.40. The van der Waals surface area contributed by atoms with Crippen molar-refractivity contribution in [1.29, 1.82) is 0 Å². The van der Waals surface area contributed by atoms with Crippen LogP contribution in [0.3, 0.4) is 0 Å². The van der Waals surface area contributed by atoms with E-state index in [2.05, 4.69) is 18.7 Å². The molecule has 0 fully saturated rings. The average Bonchev–Trinajstić information content (AvgIpc) is 2.37. The average molecular weight is 252 g/mol. The molecule has 0 aliphatic heterocycles. The minimum Gasteiger partial charge on any atom is -0.506 e. The van der Waals surface area contributed by atoms with Crippen LogP contribution in [0.5, 0.6) is 5.75 Å². The topological polar surface area (TPSA) is 75.8 Å². The summed E-state index contributed by atoms with van der Waals surface area (Å²) in [5.74, 6) is -0.550. The number of rotatable bonds is 6. The summed E-state index contributed by atoms with van der Waals surface area (Å²) in [7, 11) is 0. The Bertz CT molecular complexity index is 403. The second-order valence-corrected chi connectivity index (χ2v) is 3.94. The molecule has 0 aromatic heterocycles. The molecule has 1 aromatic carbocycles. The molecule has 0 heterocycles. The predicted octanol–water partition coefficient (Wildman–Crippen LogP) is 1.47. The van der Waals surface area contributed by atoms with Gasteiger partial charge in [-0.25, -0.2) is 4.79 Å². The van der Waals surface area contributed by atoms with Gasteiger partial charge in [0.15, 0.2) is 0 Å². The van der Waals surface area contributed by atoms with Gasteiger partial charge in [0.2, 0.25) is 0 Å². The summed E-state index contributed by atoms with van der Waals surface area (Å²) in [4.78, 5) is 13.8. The Morgan fingerprint density at radius 3 is 2.61 bits per heavy atom. The zero-order chi connectivity index (χ0) is 13.5. The highest BCUT2D eigenvalue weighted by Crippen LogP contribution is 2.20. The predicted molar refractivity (Wildman–Crippen MR) is 70.6 cm³/mol. The summed E-state index contributed by atoms with van der Waals surface area (Å²) in [6, 6.07) is 4.33. The maximum atomic E-state index is 11.7. The van der Waals surface area contributed by atoms with Gasteiger partial charge in [0.25, 0.3) is 0 Å². The van der Waals surface area contributed by atoms with Gasteiger partial charge in [-0.05, 0) is 31.3 Å². The van der Waals surface area contributed by atoms with E-state index in [0.29, 0.717) is 18.7 Å². The zero-order valence-electron chi connectivity index (χ0n) is 10.8. The first-order valence-corrected chi connectivity index (χ1v) is 6.06. The number of anilines is 1. The van der Waals surface area contributed by atoms with Gasteiger partial charge in [-0.3, -0.25) is 0 Å². The maximum Gasteiger partial charge on any atom is 0.338 e. The number of phenols is 1. The van der Waals surface area contributed by atoms with E-state index in [9.17, 15) is 9.90 Å². The fraction of sp³-hybridized carbons (Fsp3) is 0.462. The van der Waals surface area contributed by atoms with E-state index in [0.717, 1.165) is 13.1 Å². The largest absolute Gasteiger partial charge is 0.506 e. The smallest absolute Gasteiger partial charge is 0.338 e. The molecule has 5 heteroatoms. The van der Waals surface area contributed by atoms with Gasteiger partial charge in [-0.15, -0.1) is 0 Å². The van der Waals surface area contributed by atoms with Crippen molar-refractivity contribution in [2.75, 3.05) is 32.0 Å². The lowest BCUT2D eigenvalue weighted by molar-refractivity contribution is 0.0466. The number of nitrogens with zero attached hydrogens (tertiary/aromatic N) is 1. The number of esters is 1. The molecule has 0 amide bonds. The third-order valence-electron chi connectivity index (χ3n) is 2.80. The normalized spacial score (nSPS) is 10.6. The molecule has 1 aromatic rings. The maximum absolute atomic E-state index is 11.7. The number of nitrogens with two attached hydrogens (primary N) is 1. The highest BCUT2D eigenvalue weighted by atomic mass is 16.5. The lowest BCUT2D eigenvalue weighted by Crippen LogP contribution is -2.27. The fourth-order valence-corrected chi connectivity index (χ4v) is 1.56. The van der Waals surface area contributed by atoms with E-state index in [-0.39, 0.29) is 11.4 Å². The van der Waals surface area contributed by atoms with E-state index in [1.54, 1.807) is 0 Å². The van der Waals surface area contributed by atoms with Gasteiger partial charge >= 0.3 is 5.97 Å². The summed E-state index contributed by atoms with van der Waals surface area (Å²) in [5.41, 5.74) is 6.01. The Kier molecular flexibility index (Phi) is 5.45. The highest BCUT2D eigenvalue weighted by Gasteiger charge is 2.09. The van der Waals surface area contributed by atoms with Crippen molar-refractivity contribution in [2.45, 2.75) is 13.8 Å². The van der Waals surface area contributed by atoms with Crippen molar-refractivity contribution >= 4 is 11.7 Å². The van der Waals surface area contributed by atoms with Gasteiger partial charge in [0, 0.05) is 6.54 Å². The monoisotopic (exact) mass is 252 g/mol. The van der Waals surface area contributed by atoms with Crippen molar-refractivity contribution in [2.24, 2.45) is 0 Å². The van der Waals surface area contributed by atoms with Crippen molar-refractivity contribution in [3.05, 3.63) is 23.8 Å². The quantitative estimate of drug-likeness (QED) is 0.455. The Labute approximate surface area is 107 Å². The number of nitrogen functional groups attached to an aromatic ring is 1. The van der Waals surface area contributed by atoms with Gasteiger partial charge in [0.1, 0.15) is 12.4 Å². The molecule has 100 valence electrons. The molecule has 0 aliphatic rings. The first-order chi connectivity index (χ1) is 8.58. The van der Waals surface area contributed by atoms with Crippen LogP contribution in [-0.4, -0.2) is 42.2 Å². The number of benzene rings is 1. The minimum absolute atomic E-state index is 0.104. The third kappa shape index (κ3) is 3.92. The van der Waals surface area contributed by atoms with Crippen LogP contribution in [0.25, 0.3) is 0 Å². The standard InChI is InChI=1S/C13H20N2O3/c1-3-15(4-2)7-8-18-13(17)10-5-6-11(14)12(16)9-10/h5-6,9,16H,3-4,7-8,14H2,1-2H3. The van der Waals surface area contributed by atoms with Crippen LogP contribution in [0.2, 0.25) is 0 Å². The molecular weight excluding hydrogens is 232 g/mol. The number of aromatic hydroxyl groups is 1. The lowest BCUT2D eigenvalue weighted by atomic mass is 10.2. The zero-order valence-corrected chi connectivity index (χ0v) is 10.8. The van der Waals surface area contributed by atoms with Crippen molar-refractivity contribution in [1.82, 2.24) is 4.90 Å². The van der Waals surface area contributed by atoms with Gasteiger partial charge < -0.3 is 20.5 Å². The number of likely N-dealkylation sites (N-methyl/N-ethyl adjacent to an activating group) is 1. The highest BCUT2D eigenvalue weighted by molar-refractivity contribution is 5.90. The summed E-state index contributed by atoms with van der Waals surface area (Å²) < 4.78 is 5.12. The first kappa shape index (κ1) is 14.3. The first-order valence-electron chi connectivity index (χ1n) is 6.06.